The molecule has 0 radical (unpaired) electrons. The second kappa shape index (κ2) is 8.11. The van der Waals surface area contributed by atoms with Gasteiger partial charge >= 0.3 is 0 Å². The predicted molar refractivity (Wildman–Crippen MR) is 99.3 cm³/mol. The zero-order chi connectivity index (χ0) is 16.8. The Labute approximate surface area is 144 Å². The summed E-state index contributed by atoms with van der Waals surface area (Å²) in [5, 5.41) is 6.79. The van der Waals surface area contributed by atoms with Gasteiger partial charge in [-0.2, -0.15) is 4.98 Å². The van der Waals surface area contributed by atoms with Crippen molar-refractivity contribution in [1.29, 1.82) is 0 Å². The lowest BCUT2D eigenvalue weighted by atomic mass is 10.0. The lowest BCUT2D eigenvalue weighted by Gasteiger charge is -2.32. The number of rotatable bonds is 6. The van der Waals surface area contributed by atoms with E-state index in [1.807, 2.05) is 6.20 Å². The van der Waals surface area contributed by atoms with Crippen LogP contribution in [0.2, 0.25) is 0 Å². The molecule has 2 heterocycles. The molecule has 1 saturated heterocycles. The first-order chi connectivity index (χ1) is 11.7. The van der Waals surface area contributed by atoms with Crippen LogP contribution in [-0.4, -0.2) is 40.5 Å². The van der Waals surface area contributed by atoms with Crippen LogP contribution in [0, 0.1) is 6.92 Å². The number of aryl methyl sites for hydroxylation is 1. The van der Waals surface area contributed by atoms with Crippen molar-refractivity contribution in [2.75, 3.05) is 30.3 Å². The van der Waals surface area contributed by atoms with Gasteiger partial charge < -0.3 is 10.6 Å². The summed E-state index contributed by atoms with van der Waals surface area (Å²) in [6, 6.07) is 11.2. The smallest absolute Gasteiger partial charge is 0.224 e. The number of benzene rings is 1. The van der Waals surface area contributed by atoms with Crippen molar-refractivity contribution in [3.8, 4) is 0 Å². The second-order valence-corrected chi connectivity index (χ2v) is 6.44. The van der Waals surface area contributed by atoms with Crippen molar-refractivity contribution in [2.45, 2.75) is 39.3 Å². The normalized spacial score (nSPS) is 16.1. The molecule has 0 spiro atoms. The molecule has 2 aromatic rings. The van der Waals surface area contributed by atoms with Crippen LogP contribution >= 0.6 is 0 Å². The van der Waals surface area contributed by atoms with Gasteiger partial charge in [-0.05, 0) is 32.3 Å². The molecule has 1 aliphatic rings. The fourth-order valence-electron chi connectivity index (χ4n) is 3.10. The van der Waals surface area contributed by atoms with E-state index in [2.05, 4.69) is 69.7 Å². The minimum atomic E-state index is 0.486. The first kappa shape index (κ1) is 16.7. The minimum absolute atomic E-state index is 0.486. The molecule has 1 fully saturated rings. The molecule has 1 aromatic carbocycles. The molecule has 0 aliphatic carbocycles. The Morgan fingerprint density at radius 2 is 1.92 bits per heavy atom. The molecule has 0 unspecified atom stereocenters. The summed E-state index contributed by atoms with van der Waals surface area (Å²) in [7, 11) is 0. The van der Waals surface area contributed by atoms with E-state index >= 15 is 0 Å². The highest BCUT2D eigenvalue weighted by Crippen LogP contribution is 2.20. The molecule has 5 heteroatoms. The first-order valence-corrected chi connectivity index (χ1v) is 8.85. The molecular weight excluding hydrogens is 298 g/mol. The standard InChI is InChI=1S/C19H27N5/c1-3-20-19-21-13-15(2)18(23-19)22-17-9-11-24(12-10-17)14-16-7-5-4-6-8-16/h4-8,13,17H,3,9-12,14H2,1-2H3,(H2,20,21,22,23). The minimum Gasteiger partial charge on any atom is -0.367 e. The summed E-state index contributed by atoms with van der Waals surface area (Å²) in [6.45, 7) is 8.24. The lowest BCUT2D eigenvalue weighted by Crippen LogP contribution is -2.39. The number of nitrogens with one attached hydrogen (secondary N) is 2. The van der Waals surface area contributed by atoms with Crippen molar-refractivity contribution in [2.24, 2.45) is 0 Å². The summed E-state index contributed by atoms with van der Waals surface area (Å²) in [6.07, 6.45) is 4.18. The van der Waals surface area contributed by atoms with Gasteiger partial charge in [0.05, 0.1) is 0 Å². The molecule has 128 valence electrons. The molecule has 0 bridgehead atoms. The van der Waals surface area contributed by atoms with E-state index in [1.165, 1.54) is 5.56 Å². The Bertz CT molecular complexity index is 635. The Morgan fingerprint density at radius 3 is 2.62 bits per heavy atom. The Balaban J connectivity index is 1.53. The molecule has 0 amide bonds. The lowest BCUT2D eigenvalue weighted by molar-refractivity contribution is 0.211. The quantitative estimate of drug-likeness (QED) is 0.853. The van der Waals surface area contributed by atoms with Crippen molar-refractivity contribution in [1.82, 2.24) is 14.9 Å². The van der Waals surface area contributed by atoms with Crippen LogP contribution in [0.4, 0.5) is 11.8 Å². The van der Waals surface area contributed by atoms with E-state index in [0.29, 0.717) is 12.0 Å². The molecule has 1 aromatic heterocycles. The third kappa shape index (κ3) is 4.45. The average Bonchev–Trinajstić information content (AvgIpc) is 2.61. The third-order valence-corrected chi connectivity index (χ3v) is 4.48. The van der Waals surface area contributed by atoms with Crippen molar-refractivity contribution >= 4 is 11.8 Å². The number of piperidine rings is 1. The van der Waals surface area contributed by atoms with Gasteiger partial charge in [0, 0.05) is 44.0 Å². The highest BCUT2D eigenvalue weighted by molar-refractivity contribution is 5.47. The van der Waals surface area contributed by atoms with Gasteiger partial charge in [0.25, 0.3) is 0 Å². The SMILES string of the molecule is CCNc1ncc(C)c(NC2CCN(Cc3ccccc3)CC2)n1. The van der Waals surface area contributed by atoms with E-state index < -0.39 is 0 Å². The summed E-state index contributed by atoms with van der Waals surface area (Å²) in [5.74, 6) is 1.66. The predicted octanol–water partition coefficient (Wildman–Crippen LogP) is 3.29. The van der Waals surface area contributed by atoms with E-state index in [1.54, 1.807) is 0 Å². The molecule has 0 atom stereocenters. The van der Waals surface area contributed by atoms with E-state index in [4.69, 9.17) is 0 Å². The molecule has 5 nitrogen and oxygen atoms in total. The Kier molecular flexibility index (Phi) is 5.64. The molecule has 24 heavy (non-hydrogen) atoms. The van der Waals surface area contributed by atoms with Crippen molar-refractivity contribution in [3.05, 3.63) is 47.7 Å². The van der Waals surface area contributed by atoms with Crippen LogP contribution in [0.1, 0.15) is 30.9 Å². The van der Waals surface area contributed by atoms with Gasteiger partial charge in [0.1, 0.15) is 5.82 Å². The summed E-state index contributed by atoms with van der Waals surface area (Å²) < 4.78 is 0. The topological polar surface area (TPSA) is 53.1 Å². The average molecular weight is 325 g/mol. The van der Waals surface area contributed by atoms with Gasteiger partial charge in [-0.1, -0.05) is 30.3 Å². The van der Waals surface area contributed by atoms with Crippen LogP contribution < -0.4 is 10.6 Å². The zero-order valence-electron chi connectivity index (χ0n) is 14.6. The van der Waals surface area contributed by atoms with Gasteiger partial charge in [-0.3, -0.25) is 4.90 Å². The Hall–Kier alpha value is -2.14. The van der Waals surface area contributed by atoms with Crippen LogP contribution in [0.3, 0.4) is 0 Å². The summed E-state index contributed by atoms with van der Waals surface area (Å²) in [4.78, 5) is 11.4. The number of hydrogen-bond donors (Lipinski definition) is 2. The number of aromatic nitrogens is 2. The second-order valence-electron chi connectivity index (χ2n) is 6.44. The molecule has 0 saturated carbocycles. The van der Waals surface area contributed by atoms with Crippen LogP contribution in [0.25, 0.3) is 0 Å². The maximum atomic E-state index is 4.60. The van der Waals surface area contributed by atoms with Crippen molar-refractivity contribution in [3.63, 3.8) is 0 Å². The molecule has 2 N–H and O–H groups in total. The van der Waals surface area contributed by atoms with Crippen molar-refractivity contribution < 1.29 is 0 Å². The maximum absolute atomic E-state index is 4.60. The van der Waals surface area contributed by atoms with E-state index in [9.17, 15) is 0 Å². The summed E-state index contributed by atoms with van der Waals surface area (Å²) >= 11 is 0. The molecule has 3 rings (SSSR count). The molecular formula is C19H27N5. The highest BCUT2D eigenvalue weighted by atomic mass is 15.2. The van der Waals surface area contributed by atoms with Crippen LogP contribution in [-0.2, 0) is 6.54 Å². The number of likely N-dealkylation sites (tertiary alicyclic amines) is 1. The third-order valence-electron chi connectivity index (χ3n) is 4.48. The highest BCUT2D eigenvalue weighted by Gasteiger charge is 2.20. The summed E-state index contributed by atoms with van der Waals surface area (Å²) in [5.41, 5.74) is 2.49. The number of anilines is 2. The van der Waals surface area contributed by atoms with E-state index in [0.717, 1.165) is 50.4 Å². The van der Waals surface area contributed by atoms with Gasteiger partial charge in [-0.15, -0.1) is 0 Å². The van der Waals surface area contributed by atoms with E-state index in [-0.39, 0.29) is 0 Å². The first-order valence-electron chi connectivity index (χ1n) is 8.85. The fourth-order valence-corrected chi connectivity index (χ4v) is 3.10. The number of hydrogen-bond acceptors (Lipinski definition) is 5. The van der Waals surface area contributed by atoms with Crippen LogP contribution in [0.5, 0.6) is 0 Å². The monoisotopic (exact) mass is 325 g/mol. The molecule has 1 aliphatic heterocycles. The van der Waals surface area contributed by atoms with Gasteiger partial charge in [-0.25, -0.2) is 4.98 Å². The van der Waals surface area contributed by atoms with Gasteiger partial charge in [0.15, 0.2) is 0 Å². The van der Waals surface area contributed by atoms with Gasteiger partial charge in [0.2, 0.25) is 5.95 Å². The number of nitrogens with zero attached hydrogens (tertiary/aromatic N) is 3. The largest absolute Gasteiger partial charge is 0.367 e. The fraction of sp³-hybridized carbons (Fsp3) is 0.474. The maximum Gasteiger partial charge on any atom is 0.224 e. The Morgan fingerprint density at radius 1 is 1.17 bits per heavy atom. The zero-order valence-corrected chi connectivity index (χ0v) is 14.6. The van der Waals surface area contributed by atoms with Crippen LogP contribution in [0.15, 0.2) is 36.5 Å².